The van der Waals surface area contributed by atoms with Crippen molar-refractivity contribution in [3.63, 3.8) is 0 Å². The summed E-state index contributed by atoms with van der Waals surface area (Å²) >= 11 is 0. The Morgan fingerprint density at radius 3 is 3.08 bits per heavy atom. The Bertz CT molecular complexity index is 299. The molecule has 0 aromatic carbocycles. The van der Waals surface area contributed by atoms with Crippen LogP contribution in [0.5, 0.6) is 0 Å². The lowest BCUT2D eigenvalue weighted by molar-refractivity contribution is 0.0688. The monoisotopic (exact) mass is 181 g/mol. The predicted octanol–water partition coefficient (Wildman–Crippen LogP) is 1.32. The lowest BCUT2D eigenvalue weighted by Gasteiger charge is -2.04. The number of rotatable bonds is 4. The van der Waals surface area contributed by atoms with Gasteiger partial charge in [0.2, 0.25) is 0 Å². The van der Waals surface area contributed by atoms with Crippen molar-refractivity contribution in [2.45, 2.75) is 13.5 Å². The van der Waals surface area contributed by atoms with E-state index < -0.39 is 5.97 Å². The summed E-state index contributed by atoms with van der Waals surface area (Å²) in [6.45, 7) is 2.75. The number of hydrogen-bond acceptors (Lipinski definition) is 3. The quantitative estimate of drug-likeness (QED) is 0.760. The van der Waals surface area contributed by atoms with Gasteiger partial charge in [0.05, 0.1) is 12.2 Å². The highest BCUT2D eigenvalue weighted by Crippen LogP contribution is 2.07. The fraction of sp³-hybridized carbons (Fsp3) is 0.333. The second-order valence-corrected chi connectivity index (χ2v) is 2.48. The van der Waals surface area contributed by atoms with Crippen LogP contribution in [0.4, 0.5) is 0 Å². The van der Waals surface area contributed by atoms with Gasteiger partial charge < -0.3 is 9.84 Å². The molecule has 0 aliphatic rings. The second kappa shape index (κ2) is 4.57. The van der Waals surface area contributed by atoms with E-state index in [0.29, 0.717) is 18.8 Å². The zero-order chi connectivity index (χ0) is 9.68. The first kappa shape index (κ1) is 9.67. The third-order valence-corrected chi connectivity index (χ3v) is 1.60. The van der Waals surface area contributed by atoms with Crippen LogP contribution >= 0.6 is 0 Å². The van der Waals surface area contributed by atoms with Crippen molar-refractivity contribution >= 4 is 5.97 Å². The molecule has 0 amide bonds. The van der Waals surface area contributed by atoms with Crippen LogP contribution in [0, 0.1) is 0 Å². The maximum atomic E-state index is 10.7. The molecule has 0 saturated heterocycles. The summed E-state index contributed by atoms with van der Waals surface area (Å²) in [6.07, 6.45) is 2.89. The molecule has 0 fully saturated rings. The maximum absolute atomic E-state index is 10.7. The Hall–Kier alpha value is -1.42. The summed E-state index contributed by atoms with van der Waals surface area (Å²) in [6, 6.07) is 1.65. The van der Waals surface area contributed by atoms with Crippen LogP contribution in [0.3, 0.4) is 0 Å². The lowest BCUT2D eigenvalue weighted by Crippen LogP contribution is -2.04. The average molecular weight is 181 g/mol. The van der Waals surface area contributed by atoms with Gasteiger partial charge in [-0.05, 0) is 18.6 Å². The van der Waals surface area contributed by atoms with E-state index in [2.05, 4.69) is 4.98 Å². The predicted molar refractivity (Wildman–Crippen MR) is 46.5 cm³/mol. The van der Waals surface area contributed by atoms with Crippen molar-refractivity contribution in [3.8, 4) is 0 Å². The molecule has 70 valence electrons. The van der Waals surface area contributed by atoms with Crippen molar-refractivity contribution in [2.75, 3.05) is 6.61 Å². The molecule has 4 nitrogen and oxygen atoms in total. The van der Waals surface area contributed by atoms with Crippen molar-refractivity contribution in [2.24, 2.45) is 0 Å². The molecule has 1 N–H and O–H groups in total. The third kappa shape index (κ3) is 2.52. The number of hydrogen-bond donors (Lipinski definition) is 1. The SMILES string of the molecule is CCOCc1ccncc1C(=O)O. The number of aromatic carboxylic acids is 1. The van der Waals surface area contributed by atoms with Crippen LogP contribution in [0.25, 0.3) is 0 Å². The minimum Gasteiger partial charge on any atom is -0.478 e. The summed E-state index contributed by atoms with van der Waals surface area (Å²) in [5.74, 6) is -0.970. The number of carbonyl (C=O) groups is 1. The first-order valence-corrected chi connectivity index (χ1v) is 3.99. The first-order chi connectivity index (χ1) is 6.25. The van der Waals surface area contributed by atoms with Gasteiger partial charge in [-0.3, -0.25) is 4.98 Å². The molecule has 0 saturated carbocycles. The first-order valence-electron chi connectivity index (χ1n) is 3.99. The standard InChI is InChI=1S/C9H11NO3/c1-2-13-6-7-3-4-10-5-8(7)9(11)12/h3-5H,2,6H2,1H3,(H,11,12). The molecular weight excluding hydrogens is 170 g/mol. The minimum atomic E-state index is -0.970. The van der Waals surface area contributed by atoms with E-state index in [1.165, 1.54) is 6.20 Å². The molecule has 4 heteroatoms. The second-order valence-electron chi connectivity index (χ2n) is 2.48. The highest BCUT2D eigenvalue weighted by molar-refractivity contribution is 5.88. The van der Waals surface area contributed by atoms with Crippen LogP contribution in [-0.2, 0) is 11.3 Å². The molecule has 0 atom stereocenters. The van der Waals surface area contributed by atoms with Gasteiger partial charge in [-0.2, -0.15) is 0 Å². The summed E-state index contributed by atoms with van der Waals surface area (Å²) in [5.41, 5.74) is 0.861. The number of carboxylic acids is 1. The van der Waals surface area contributed by atoms with Crippen LogP contribution in [0.15, 0.2) is 18.5 Å². The molecule has 0 radical (unpaired) electrons. The van der Waals surface area contributed by atoms with Gasteiger partial charge in [0.15, 0.2) is 0 Å². The smallest absolute Gasteiger partial charge is 0.337 e. The Morgan fingerprint density at radius 2 is 2.46 bits per heavy atom. The zero-order valence-electron chi connectivity index (χ0n) is 7.36. The zero-order valence-corrected chi connectivity index (χ0v) is 7.36. The van der Waals surface area contributed by atoms with Gasteiger partial charge >= 0.3 is 5.97 Å². The van der Waals surface area contributed by atoms with Gasteiger partial charge in [-0.25, -0.2) is 4.79 Å². The van der Waals surface area contributed by atoms with E-state index in [4.69, 9.17) is 9.84 Å². The highest BCUT2D eigenvalue weighted by atomic mass is 16.5. The van der Waals surface area contributed by atoms with Crippen LogP contribution in [0.2, 0.25) is 0 Å². The van der Waals surface area contributed by atoms with Crippen molar-refractivity contribution in [3.05, 3.63) is 29.6 Å². The fourth-order valence-electron chi connectivity index (χ4n) is 0.954. The molecule has 13 heavy (non-hydrogen) atoms. The Labute approximate surface area is 76.2 Å². The molecule has 0 spiro atoms. The number of ether oxygens (including phenoxy) is 1. The Morgan fingerprint density at radius 1 is 1.69 bits per heavy atom. The topological polar surface area (TPSA) is 59.4 Å². The molecule has 0 aliphatic heterocycles. The van der Waals surface area contributed by atoms with E-state index in [0.717, 1.165) is 0 Å². The van der Waals surface area contributed by atoms with Crippen LogP contribution in [0.1, 0.15) is 22.8 Å². The molecule has 1 heterocycles. The van der Waals surface area contributed by atoms with E-state index >= 15 is 0 Å². The van der Waals surface area contributed by atoms with Crippen molar-refractivity contribution in [1.29, 1.82) is 0 Å². The largest absolute Gasteiger partial charge is 0.478 e. The number of aromatic nitrogens is 1. The molecule has 1 rings (SSSR count). The summed E-state index contributed by atoms with van der Waals surface area (Å²) in [4.78, 5) is 14.4. The van der Waals surface area contributed by atoms with Crippen LogP contribution < -0.4 is 0 Å². The highest BCUT2D eigenvalue weighted by Gasteiger charge is 2.08. The minimum absolute atomic E-state index is 0.205. The van der Waals surface area contributed by atoms with Gasteiger partial charge in [0.1, 0.15) is 0 Å². The molecule has 0 bridgehead atoms. The normalized spacial score (nSPS) is 9.92. The van der Waals surface area contributed by atoms with Gasteiger partial charge in [0, 0.05) is 19.0 Å². The number of carboxylic acid groups (broad SMARTS) is 1. The van der Waals surface area contributed by atoms with E-state index in [-0.39, 0.29) is 5.56 Å². The van der Waals surface area contributed by atoms with Gasteiger partial charge in [-0.1, -0.05) is 0 Å². The molecule has 1 aromatic heterocycles. The van der Waals surface area contributed by atoms with Gasteiger partial charge in [0.25, 0.3) is 0 Å². The van der Waals surface area contributed by atoms with Crippen LogP contribution in [-0.4, -0.2) is 22.7 Å². The summed E-state index contributed by atoms with van der Waals surface area (Å²) in [7, 11) is 0. The average Bonchev–Trinajstić information content (AvgIpc) is 2.15. The maximum Gasteiger partial charge on any atom is 0.337 e. The van der Waals surface area contributed by atoms with E-state index in [1.54, 1.807) is 12.3 Å². The van der Waals surface area contributed by atoms with E-state index in [1.807, 2.05) is 6.92 Å². The molecule has 0 aliphatic carbocycles. The lowest BCUT2D eigenvalue weighted by atomic mass is 10.1. The van der Waals surface area contributed by atoms with E-state index in [9.17, 15) is 4.79 Å². The van der Waals surface area contributed by atoms with Crippen molar-refractivity contribution in [1.82, 2.24) is 4.98 Å². The number of pyridine rings is 1. The van der Waals surface area contributed by atoms with Crippen molar-refractivity contribution < 1.29 is 14.6 Å². The number of nitrogens with zero attached hydrogens (tertiary/aromatic N) is 1. The Balaban J connectivity index is 2.84. The summed E-state index contributed by atoms with van der Waals surface area (Å²) < 4.78 is 5.12. The summed E-state index contributed by atoms with van der Waals surface area (Å²) in [5, 5.41) is 8.77. The Kier molecular flexibility index (Phi) is 3.40. The third-order valence-electron chi connectivity index (χ3n) is 1.60. The fourth-order valence-corrected chi connectivity index (χ4v) is 0.954. The molecule has 1 aromatic rings. The molecule has 0 unspecified atom stereocenters. The van der Waals surface area contributed by atoms with Gasteiger partial charge in [-0.15, -0.1) is 0 Å². The molecular formula is C9H11NO3.